The number of hydrogen-bond acceptors (Lipinski definition) is 1. The van der Waals surface area contributed by atoms with Crippen LogP contribution < -0.4 is 0 Å². The number of likely N-dealkylation sites (N-methyl/N-ethyl adjacent to an activating group) is 1. The summed E-state index contributed by atoms with van der Waals surface area (Å²) in [5.74, 6) is 0. The van der Waals surface area contributed by atoms with Crippen LogP contribution in [0.5, 0.6) is 0 Å². The van der Waals surface area contributed by atoms with Crippen LogP contribution >= 0.6 is 9.47 Å². The summed E-state index contributed by atoms with van der Waals surface area (Å²) in [5.41, 5.74) is 0. The fourth-order valence-electron chi connectivity index (χ4n) is 3.01. The van der Waals surface area contributed by atoms with Crippen molar-refractivity contribution in [2.75, 3.05) is 27.7 Å². The molecule has 0 aromatic rings. The highest BCUT2D eigenvalue weighted by Crippen LogP contribution is 2.15. The van der Waals surface area contributed by atoms with E-state index >= 15 is 0 Å². The lowest BCUT2D eigenvalue weighted by Gasteiger charge is -2.31. The van der Waals surface area contributed by atoms with Crippen LogP contribution in [0.2, 0.25) is 0 Å². The Hall–Kier alpha value is 0.350. The summed E-state index contributed by atoms with van der Waals surface area (Å²) in [6.45, 7) is 3.36. The van der Waals surface area contributed by atoms with Crippen molar-refractivity contribution in [2.45, 2.75) is 96.5 Å². The van der Waals surface area contributed by atoms with E-state index in [1.165, 1.54) is 83.5 Å². The minimum Gasteiger partial charge on any atom is -0.554 e. The van der Waals surface area contributed by atoms with Crippen molar-refractivity contribution in [3.05, 3.63) is 0 Å². The first-order valence-electron chi connectivity index (χ1n) is 9.62. The fraction of sp³-hybridized carbons (Fsp3) is 1.00. The van der Waals surface area contributed by atoms with Gasteiger partial charge in [-0.15, -0.1) is 0 Å². The lowest BCUT2D eigenvalue weighted by atomic mass is 10.0. The van der Waals surface area contributed by atoms with Crippen molar-refractivity contribution in [2.24, 2.45) is 0 Å². The molecule has 1 atom stereocenters. The highest BCUT2D eigenvalue weighted by atomic mass is 31.0. The summed E-state index contributed by atoms with van der Waals surface area (Å²) in [4.78, 5) is 0. The molecule has 0 spiro atoms. The molecule has 0 aliphatic rings. The van der Waals surface area contributed by atoms with Crippen LogP contribution in [-0.4, -0.2) is 38.3 Å². The van der Waals surface area contributed by atoms with E-state index < -0.39 is 0 Å². The Labute approximate surface area is 143 Å². The van der Waals surface area contributed by atoms with Gasteiger partial charge in [-0.05, 0) is 6.42 Å². The van der Waals surface area contributed by atoms with Gasteiger partial charge in [-0.25, -0.2) is 0 Å². The number of hydrogen-bond donors (Lipinski definition) is 0. The molecule has 0 bridgehead atoms. The maximum absolute atomic E-state index is 5.42. The first-order valence-corrected chi connectivity index (χ1v) is 10.0. The molecule has 0 saturated carbocycles. The summed E-state index contributed by atoms with van der Waals surface area (Å²) < 4.78 is 6.38. The summed E-state index contributed by atoms with van der Waals surface area (Å²) >= 11 is 0. The Balaban J connectivity index is 3.28. The molecule has 0 aromatic heterocycles. The van der Waals surface area contributed by atoms with Gasteiger partial charge in [-0.1, -0.05) is 84.0 Å². The van der Waals surface area contributed by atoms with Gasteiger partial charge in [0.2, 0.25) is 0 Å². The van der Waals surface area contributed by atoms with Crippen LogP contribution in [0.4, 0.5) is 0 Å². The zero-order valence-electron chi connectivity index (χ0n) is 15.8. The highest BCUT2D eigenvalue weighted by Gasteiger charge is 2.14. The third kappa shape index (κ3) is 16.7. The van der Waals surface area contributed by atoms with Crippen LogP contribution in [0.15, 0.2) is 0 Å². The van der Waals surface area contributed by atoms with Crippen molar-refractivity contribution in [3.63, 3.8) is 0 Å². The second-order valence-corrected chi connectivity index (χ2v) is 8.13. The van der Waals surface area contributed by atoms with Crippen LogP contribution in [0.25, 0.3) is 0 Å². The standard InChI is InChI=1S/C19H42NOP/c1-5-6-7-8-9-10-11-12-13-14-15-16-17-19(21-22)18-20(2,3)4/h19,22H,5-18H2,1-4H3. The second-order valence-electron chi connectivity index (χ2n) is 7.89. The smallest absolute Gasteiger partial charge is 0.102 e. The molecule has 0 aliphatic carbocycles. The van der Waals surface area contributed by atoms with Gasteiger partial charge in [-0.2, -0.15) is 0 Å². The topological polar surface area (TPSA) is 9.23 Å². The van der Waals surface area contributed by atoms with Gasteiger partial charge in [-0.3, -0.25) is 0 Å². The Bertz CT molecular complexity index is 228. The number of rotatable bonds is 16. The minimum absolute atomic E-state index is 0.347. The largest absolute Gasteiger partial charge is 0.554 e. The lowest BCUT2D eigenvalue weighted by Crippen LogP contribution is -2.41. The molecule has 0 aromatic carbocycles. The Kier molecular flexibility index (Phi) is 15.1. The second kappa shape index (κ2) is 14.9. The quantitative estimate of drug-likeness (QED) is 0.185. The fourth-order valence-corrected chi connectivity index (χ4v) is 3.20. The van der Waals surface area contributed by atoms with Gasteiger partial charge in [0.15, 0.2) is 0 Å². The monoisotopic (exact) mass is 331 g/mol. The maximum Gasteiger partial charge on any atom is 0.102 e. The molecule has 0 radical (unpaired) electrons. The third-order valence-electron chi connectivity index (χ3n) is 4.30. The van der Waals surface area contributed by atoms with Crippen LogP contribution in [0.1, 0.15) is 90.4 Å². The first kappa shape index (κ1) is 22.4. The number of unbranched alkanes of at least 4 members (excludes halogenated alkanes) is 11. The average molecular weight is 332 g/mol. The summed E-state index contributed by atoms with van der Waals surface area (Å²) in [5, 5.41) is 0. The van der Waals surface area contributed by atoms with Crippen LogP contribution in [-0.2, 0) is 4.52 Å². The van der Waals surface area contributed by atoms with E-state index in [0.717, 1.165) is 11.0 Å². The van der Waals surface area contributed by atoms with Crippen molar-refractivity contribution in [1.82, 2.24) is 0 Å². The van der Waals surface area contributed by atoms with Crippen molar-refractivity contribution in [1.29, 1.82) is 0 Å². The normalized spacial score (nSPS) is 13.5. The van der Waals surface area contributed by atoms with Gasteiger partial charge >= 0.3 is 0 Å². The summed E-state index contributed by atoms with van der Waals surface area (Å²) in [7, 11) is 9.91. The molecule has 3 heteroatoms. The lowest BCUT2D eigenvalue weighted by molar-refractivity contribution is -0.873. The van der Waals surface area contributed by atoms with Crippen LogP contribution in [0.3, 0.4) is 0 Å². The number of nitrogens with zero attached hydrogens (tertiary/aromatic N) is 1. The molecule has 2 nitrogen and oxygen atoms in total. The first-order chi connectivity index (χ1) is 10.5. The molecule has 0 heterocycles. The number of quaternary nitrogens is 1. The summed E-state index contributed by atoms with van der Waals surface area (Å²) in [6, 6.07) is 0. The molecule has 0 aliphatic heterocycles. The predicted octanol–water partition coefficient (Wildman–Crippen LogP) is 6.23. The van der Waals surface area contributed by atoms with Crippen molar-refractivity contribution < 1.29 is 9.01 Å². The summed E-state index contributed by atoms with van der Waals surface area (Å²) in [6.07, 6.45) is 18.5. The third-order valence-corrected chi connectivity index (χ3v) is 4.63. The molecule has 1 unspecified atom stereocenters. The van der Waals surface area contributed by atoms with E-state index in [0.29, 0.717) is 6.10 Å². The van der Waals surface area contributed by atoms with E-state index in [2.05, 4.69) is 37.5 Å². The molecular formula is C19H42NOP. The molecule has 0 amide bonds. The van der Waals surface area contributed by atoms with Crippen molar-refractivity contribution >= 4 is 9.47 Å². The Morgan fingerprint density at radius 1 is 0.727 bits per heavy atom. The van der Waals surface area contributed by atoms with Gasteiger partial charge in [0.1, 0.15) is 6.54 Å². The molecule has 134 valence electrons. The SMILES string of the molecule is CCCCCCCCCCCCCCC(C[N+](C)(C)C)O[PH-]. The molecule has 0 fully saturated rings. The Morgan fingerprint density at radius 2 is 1.14 bits per heavy atom. The van der Waals surface area contributed by atoms with E-state index in [4.69, 9.17) is 4.52 Å². The van der Waals surface area contributed by atoms with Gasteiger partial charge in [0.05, 0.1) is 27.2 Å². The van der Waals surface area contributed by atoms with E-state index in [-0.39, 0.29) is 0 Å². The molecular weight excluding hydrogens is 289 g/mol. The predicted molar refractivity (Wildman–Crippen MR) is 102 cm³/mol. The van der Waals surface area contributed by atoms with Crippen LogP contribution in [0, 0.1) is 0 Å². The highest BCUT2D eigenvalue weighted by molar-refractivity contribution is 7.09. The molecule has 0 saturated heterocycles. The molecule has 22 heavy (non-hydrogen) atoms. The maximum atomic E-state index is 5.42. The van der Waals surface area contributed by atoms with Gasteiger partial charge in [0.25, 0.3) is 0 Å². The van der Waals surface area contributed by atoms with E-state index in [1.807, 2.05) is 0 Å². The van der Waals surface area contributed by atoms with Crippen molar-refractivity contribution in [3.8, 4) is 0 Å². The average Bonchev–Trinajstić information content (AvgIpc) is 2.46. The zero-order chi connectivity index (χ0) is 16.7. The zero-order valence-corrected chi connectivity index (χ0v) is 16.8. The van der Waals surface area contributed by atoms with Gasteiger partial charge in [0, 0.05) is 0 Å². The molecule has 0 N–H and O–H groups in total. The minimum atomic E-state index is 0.347. The van der Waals surface area contributed by atoms with E-state index in [1.54, 1.807) is 0 Å². The van der Waals surface area contributed by atoms with E-state index in [9.17, 15) is 0 Å². The Morgan fingerprint density at radius 3 is 1.50 bits per heavy atom. The molecule has 0 rings (SSSR count). The van der Waals surface area contributed by atoms with Gasteiger partial charge < -0.3 is 18.5 Å².